The lowest BCUT2D eigenvalue weighted by Gasteiger charge is -2.25. The molecule has 0 aliphatic heterocycles. The Morgan fingerprint density at radius 1 is 1.57 bits per heavy atom. The summed E-state index contributed by atoms with van der Waals surface area (Å²) in [6.07, 6.45) is 0.951. The Hall–Kier alpha value is -0.640. The van der Waals surface area contributed by atoms with E-state index in [4.69, 9.17) is 18.0 Å². The Balaban J connectivity index is 2.54. The van der Waals surface area contributed by atoms with Crippen molar-refractivity contribution in [1.82, 2.24) is 5.32 Å². The molecule has 14 heavy (non-hydrogen) atoms. The van der Waals surface area contributed by atoms with E-state index < -0.39 is 5.54 Å². The van der Waals surface area contributed by atoms with Crippen molar-refractivity contribution < 1.29 is 4.79 Å². The minimum absolute atomic E-state index is 0.0628. The summed E-state index contributed by atoms with van der Waals surface area (Å²) < 4.78 is 0. The standard InChI is InChI=1S/C10H18N2OS/c1-9(2)5-6(9)7(13)12-10(3,4)8(11)14/h6H,5H2,1-4H3,(H2,11,14)(H,12,13). The first kappa shape index (κ1) is 11.4. The first-order chi connectivity index (χ1) is 6.17. The van der Waals surface area contributed by atoms with E-state index in [9.17, 15) is 4.79 Å². The van der Waals surface area contributed by atoms with Gasteiger partial charge in [0, 0.05) is 5.92 Å². The number of thiocarbonyl (C=S) groups is 1. The van der Waals surface area contributed by atoms with E-state index in [-0.39, 0.29) is 17.2 Å². The molecule has 0 spiro atoms. The molecular weight excluding hydrogens is 196 g/mol. The smallest absolute Gasteiger partial charge is 0.224 e. The van der Waals surface area contributed by atoms with Crippen molar-refractivity contribution in [3.05, 3.63) is 0 Å². The summed E-state index contributed by atoms with van der Waals surface area (Å²) in [5, 5.41) is 2.87. The van der Waals surface area contributed by atoms with Crippen molar-refractivity contribution in [2.24, 2.45) is 17.1 Å². The molecule has 1 aliphatic rings. The van der Waals surface area contributed by atoms with E-state index in [2.05, 4.69) is 19.2 Å². The van der Waals surface area contributed by atoms with Crippen molar-refractivity contribution >= 4 is 23.1 Å². The topological polar surface area (TPSA) is 55.1 Å². The molecule has 0 saturated heterocycles. The van der Waals surface area contributed by atoms with Gasteiger partial charge in [0.25, 0.3) is 0 Å². The third kappa shape index (κ3) is 2.23. The van der Waals surface area contributed by atoms with Crippen molar-refractivity contribution in [1.29, 1.82) is 0 Å². The van der Waals surface area contributed by atoms with E-state index in [1.54, 1.807) is 0 Å². The maximum atomic E-state index is 11.7. The van der Waals surface area contributed by atoms with Crippen molar-refractivity contribution in [3.63, 3.8) is 0 Å². The first-order valence-corrected chi connectivity index (χ1v) is 5.19. The molecule has 1 saturated carbocycles. The van der Waals surface area contributed by atoms with Crippen LogP contribution >= 0.6 is 12.2 Å². The van der Waals surface area contributed by atoms with Gasteiger partial charge in [-0.3, -0.25) is 4.79 Å². The zero-order valence-electron chi connectivity index (χ0n) is 9.18. The lowest BCUT2D eigenvalue weighted by Crippen LogP contribution is -2.52. The molecule has 0 aromatic carbocycles. The van der Waals surface area contributed by atoms with Gasteiger partial charge in [0.05, 0.1) is 10.5 Å². The Morgan fingerprint density at radius 3 is 2.29 bits per heavy atom. The summed E-state index contributed by atoms with van der Waals surface area (Å²) in [6, 6.07) is 0. The van der Waals surface area contributed by atoms with Crippen LogP contribution in [0.2, 0.25) is 0 Å². The predicted octanol–water partition coefficient (Wildman–Crippen LogP) is 1.21. The van der Waals surface area contributed by atoms with Gasteiger partial charge in [-0.05, 0) is 25.7 Å². The zero-order valence-corrected chi connectivity index (χ0v) is 9.99. The monoisotopic (exact) mass is 214 g/mol. The van der Waals surface area contributed by atoms with Crippen molar-refractivity contribution in [3.8, 4) is 0 Å². The Bertz CT molecular complexity index is 284. The molecule has 0 radical (unpaired) electrons. The summed E-state index contributed by atoms with van der Waals surface area (Å²) in [7, 11) is 0. The second kappa shape index (κ2) is 3.19. The maximum Gasteiger partial charge on any atom is 0.224 e. The van der Waals surface area contributed by atoms with Crippen LogP contribution < -0.4 is 11.1 Å². The van der Waals surface area contributed by atoms with Gasteiger partial charge in [0.1, 0.15) is 0 Å². The minimum atomic E-state index is -0.578. The molecule has 0 aromatic heterocycles. The number of nitrogens with two attached hydrogens (primary N) is 1. The summed E-state index contributed by atoms with van der Waals surface area (Å²) >= 11 is 4.88. The quantitative estimate of drug-likeness (QED) is 0.694. The molecule has 3 nitrogen and oxygen atoms in total. The molecule has 1 fully saturated rings. The Labute approximate surface area is 90.4 Å². The fourth-order valence-corrected chi connectivity index (χ4v) is 1.42. The van der Waals surface area contributed by atoms with E-state index in [0.29, 0.717) is 4.99 Å². The molecule has 1 rings (SSSR count). The van der Waals surface area contributed by atoms with Gasteiger partial charge >= 0.3 is 0 Å². The summed E-state index contributed by atoms with van der Waals surface area (Å²) in [5.41, 5.74) is 5.09. The second-order valence-corrected chi connectivity index (χ2v) is 5.66. The highest BCUT2D eigenvalue weighted by molar-refractivity contribution is 7.80. The fourth-order valence-electron chi connectivity index (χ4n) is 1.37. The normalized spacial score (nSPS) is 24.1. The molecule has 4 heteroatoms. The van der Waals surface area contributed by atoms with Gasteiger partial charge in [-0.15, -0.1) is 0 Å². The van der Waals surface area contributed by atoms with Crippen LogP contribution in [0.5, 0.6) is 0 Å². The summed E-state index contributed by atoms with van der Waals surface area (Å²) in [6.45, 7) is 7.82. The van der Waals surface area contributed by atoms with Crippen LogP contribution in [0, 0.1) is 11.3 Å². The summed E-state index contributed by atoms with van der Waals surface area (Å²) in [4.78, 5) is 12.0. The molecular formula is C10H18N2OS. The van der Waals surface area contributed by atoms with E-state index in [1.165, 1.54) is 0 Å². The number of hydrogen-bond donors (Lipinski definition) is 2. The van der Waals surface area contributed by atoms with Crippen molar-refractivity contribution in [2.75, 3.05) is 0 Å². The number of carbonyl (C=O) groups is 1. The highest BCUT2D eigenvalue weighted by Crippen LogP contribution is 2.51. The highest BCUT2D eigenvalue weighted by Gasteiger charge is 2.51. The Kier molecular flexibility index (Phi) is 2.61. The summed E-state index contributed by atoms with van der Waals surface area (Å²) in [5.74, 6) is 0.184. The molecule has 0 aromatic rings. The van der Waals surface area contributed by atoms with Crippen LogP contribution in [0.25, 0.3) is 0 Å². The minimum Gasteiger partial charge on any atom is -0.391 e. The average Bonchev–Trinajstić information content (AvgIpc) is 2.58. The number of rotatable bonds is 3. The SMILES string of the molecule is CC(C)(NC(=O)C1CC1(C)C)C(N)=S. The third-order valence-electron chi connectivity index (χ3n) is 2.88. The lowest BCUT2D eigenvalue weighted by atomic mass is 10.0. The van der Waals surface area contributed by atoms with E-state index in [0.717, 1.165) is 6.42 Å². The van der Waals surface area contributed by atoms with Crippen LogP contribution in [0.4, 0.5) is 0 Å². The molecule has 0 bridgehead atoms. The molecule has 1 atom stereocenters. The van der Waals surface area contributed by atoms with Gasteiger partial charge in [-0.2, -0.15) is 0 Å². The largest absolute Gasteiger partial charge is 0.391 e. The number of amides is 1. The lowest BCUT2D eigenvalue weighted by molar-refractivity contribution is -0.123. The number of carbonyl (C=O) groups excluding carboxylic acids is 1. The van der Waals surface area contributed by atoms with Crippen LogP contribution in [-0.4, -0.2) is 16.4 Å². The first-order valence-electron chi connectivity index (χ1n) is 4.79. The van der Waals surface area contributed by atoms with Crippen molar-refractivity contribution in [2.45, 2.75) is 39.7 Å². The van der Waals surface area contributed by atoms with Crippen LogP contribution in [0.1, 0.15) is 34.1 Å². The van der Waals surface area contributed by atoms with Gasteiger partial charge in [-0.1, -0.05) is 26.1 Å². The average molecular weight is 214 g/mol. The molecule has 3 N–H and O–H groups in total. The van der Waals surface area contributed by atoms with Crippen LogP contribution in [0.15, 0.2) is 0 Å². The van der Waals surface area contributed by atoms with Gasteiger partial charge in [-0.25, -0.2) is 0 Å². The molecule has 1 aliphatic carbocycles. The molecule has 80 valence electrons. The highest BCUT2D eigenvalue weighted by atomic mass is 32.1. The maximum absolute atomic E-state index is 11.7. The zero-order chi connectivity index (χ0) is 11.1. The molecule has 1 unspecified atom stereocenters. The molecule has 0 heterocycles. The number of nitrogens with one attached hydrogen (secondary N) is 1. The second-order valence-electron chi connectivity index (χ2n) is 5.22. The predicted molar refractivity (Wildman–Crippen MR) is 60.9 cm³/mol. The molecule has 1 amide bonds. The Morgan fingerprint density at radius 2 is 2.00 bits per heavy atom. The van der Waals surface area contributed by atoms with Crippen LogP contribution in [-0.2, 0) is 4.79 Å². The van der Waals surface area contributed by atoms with Crippen LogP contribution in [0.3, 0.4) is 0 Å². The van der Waals surface area contributed by atoms with E-state index in [1.807, 2.05) is 13.8 Å². The van der Waals surface area contributed by atoms with Gasteiger partial charge in [0.15, 0.2) is 0 Å². The van der Waals surface area contributed by atoms with Gasteiger partial charge < -0.3 is 11.1 Å². The fraction of sp³-hybridized carbons (Fsp3) is 0.800. The third-order valence-corrected chi connectivity index (χ3v) is 3.39. The van der Waals surface area contributed by atoms with Gasteiger partial charge in [0.2, 0.25) is 5.91 Å². The van der Waals surface area contributed by atoms with E-state index >= 15 is 0 Å². The number of hydrogen-bond acceptors (Lipinski definition) is 2.